The highest BCUT2D eigenvalue weighted by Gasteiger charge is 2.15. The maximum atomic E-state index is 7.57. The van der Waals surface area contributed by atoms with Gasteiger partial charge in [-0.1, -0.05) is 18.2 Å². The molecule has 0 bridgehead atoms. The van der Waals surface area contributed by atoms with Gasteiger partial charge in [0.15, 0.2) is 11.5 Å². The minimum absolute atomic E-state index is 0.458. The average molecular weight is 418 g/mol. The second kappa shape index (κ2) is 10.1. The van der Waals surface area contributed by atoms with Crippen LogP contribution in [0.3, 0.4) is 0 Å². The lowest BCUT2D eigenvalue weighted by Gasteiger charge is -2.26. The molecule has 31 heavy (non-hydrogen) atoms. The van der Waals surface area contributed by atoms with E-state index >= 15 is 0 Å². The number of morpholine rings is 1. The van der Waals surface area contributed by atoms with Crippen molar-refractivity contribution in [3.63, 3.8) is 0 Å². The lowest BCUT2D eigenvalue weighted by Crippen LogP contribution is -2.37. The molecule has 0 unspecified atom stereocenters. The van der Waals surface area contributed by atoms with Crippen molar-refractivity contribution >= 4 is 28.0 Å². The summed E-state index contributed by atoms with van der Waals surface area (Å²) in [5.41, 5.74) is 2.82. The second-order valence-corrected chi connectivity index (χ2v) is 7.30. The number of hydrogen-bond donors (Lipinski definition) is 1. The second-order valence-electron chi connectivity index (χ2n) is 7.30. The molecule has 4 rings (SSSR count). The number of methoxy groups -OCH3 is 1. The first-order valence-electron chi connectivity index (χ1n) is 10.4. The smallest absolute Gasteiger partial charge is 0.228 e. The molecule has 1 fully saturated rings. The highest BCUT2D eigenvalue weighted by atomic mass is 16.5. The highest BCUT2D eigenvalue weighted by Crippen LogP contribution is 2.40. The molecular weight excluding hydrogens is 392 g/mol. The van der Waals surface area contributed by atoms with E-state index in [1.54, 1.807) is 13.3 Å². The van der Waals surface area contributed by atoms with Crippen LogP contribution in [0.25, 0.3) is 15.7 Å². The van der Waals surface area contributed by atoms with Crippen LogP contribution in [-0.4, -0.2) is 56.4 Å². The summed E-state index contributed by atoms with van der Waals surface area (Å²) in [6.07, 6.45) is 2.50. The van der Waals surface area contributed by atoms with Crippen molar-refractivity contribution in [2.75, 3.05) is 51.9 Å². The number of nitrogens with zero attached hydrogens (tertiary/aromatic N) is 3. The Balaban J connectivity index is 1.57. The molecule has 1 saturated heterocycles. The lowest BCUT2D eigenvalue weighted by atomic mass is 10.1. The predicted octanol–water partition coefficient (Wildman–Crippen LogP) is 4.64. The fourth-order valence-corrected chi connectivity index (χ4v) is 3.64. The fourth-order valence-electron chi connectivity index (χ4n) is 3.64. The van der Waals surface area contributed by atoms with Gasteiger partial charge in [-0.05, 0) is 24.6 Å². The summed E-state index contributed by atoms with van der Waals surface area (Å²) in [5, 5.41) is 4.19. The molecule has 2 heterocycles. The molecule has 1 aliphatic rings. The highest BCUT2D eigenvalue weighted by molar-refractivity contribution is 6.01. The van der Waals surface area contributed by atoms with Gasteiger partial charge >= 0.3 is 0 Å². The molecule has 7 nitrogen and oxygen atoms in total. The van der Waals surface area contributed by atoms with Gasteiger partial charge in [0, 0.05) is 43.0 Å². The maximum absolute atomic E-state index is 7.57. The quantitative estimate of drug-likeness (QED) is 0.425. The predicted molar refractivity (Wildman–Crippen MR) is 122 cm³/mol. The molecule has 1 aromatic heterocycles. The Bertz CT molecular complexity index is 1060. The van der Waals surface area contributed by atoms with Crippen molar-refractivity contribution < 1.29 is 14.2 Å². The summed E-state index contributed by atoms with van der Waals surface area (Å²) < 4.78 is 17.0. The molecule has 7 heteroatoms. The Morgan fingerprint density at radius 1 is 1.16 bits per heavy atom. The number of aromatic nitrogens is 1. The molecule has 0 aliphatic carbocycles. The molecule has 0 saturated carbocycles. The first-order chi connectivity index (χ1) is 15.3. The van der Waals surface area contributed by atoms with Gasteiger partial charge in [-0.3, -0.25) is 9.88 Å². The van der Waals surface area contributed by atoms with Gasteiger partial charge in [0.2, 0.25) is 5.69 Å². The number of benzene rings is 2. The van der Waals surface area contributed by atoms with Gasteiger partial charge in [-0.2, -0.15) is 0 Å². The van der Waals surface area contributed by atoms with Gasteiger partial charge in [0.05, 0.1) is 44.7 Å². The van der Waals surface area contributed by atoms with Crippen molar-refractivity contribution in [3.8, 4) is 11.5 Å². The summed E-state index contributed by atoms with van der Waals surface area (Å²) >= 11 is 0. The standard InChI is InChI=1S/C24H26N4O3/c1-25-21-17-26-20-16-22(29-2)23(31-12-6-9-28-10-13-30-14-11-28)15-19(20)24(21)27-18-7-4-3-5-8-18/h3-5,7-8,15-17H,6,9-14H2,2H3,(H,26,27). The molecule has 3 aromatic rings. The Labute approximate surface area is 182 Å². The minimum atomic E-state index is 0.458. The zero-order chi connectivity index (χ0) is 21.5. The van der Waals surface area contributed by atoms with Crippen molar-refractivity contribution in [1.82, 2.24) is 9.88 Å². The van der Waals surface area contributed by atoms with Gasteiger partial charge in [-0.15, -0.1) is 0 Å². The van der Waals surface area contributed by atoms with Crippen LogP contribution in [0, 0.1) is 6.57 Å². The zero-order valence-electron chi connectivity index (χ0n) is 17.6. The van der Waals surface area contributed by atoms with Gasteiger partial charge < -0.3 is 19.5 Å². The molecule has 0 radical (unpaired) electrons. The van der Waals surface area contributed by atoms with Crippen molar-refractivity contribution in [1.29, 1.82) is 0 Å². The molecular formula is C24H26N4O3. The van der Waals surface area contributed by atoms with E-state index in [0.29, 0.717) is 29.5 Å². The van der Waals surface area contributed by atoms with Crippen LogP contribution < -0.4 is 14.8 Å². The Hall–Kier alpha value is -3.34. The molecule has 2 aromatic carbocycles. The van der Waals surface area contributed by atoms with Crippen LogP contribution >= 0.6 is 0 Å². The Kier molecular flexibility index (Phi) is 6.82. The maximum Gasteiger partial charge on any atom is 0.228 e. The first kappa shape index (κ1) is 20.9. The third-order valence-corrected chi connectivity index (χ3v) is 5.28. The number of pyridine rings is 1. The van der Waals surface area contributed by atoms with E-state index in [1.807, 2.05) is 42.5 Å². The Morgan fingerprint density at radius 3 is 2.71 bits per heavy atom. The van der Waals surface area contributed by atoms with E-state index in [1.165, 1.54) is 0 Å². The first-order valence-corrected chi connectivity index (χ1v) is 10.4. The van der Waals surface area contributed by atoms with E-state index in [9.17, 15) is 0 Å². The van der Waals surface area contributed by atoms with E-state index in [-0.39, 0.29) is 0 Å². The monoisotopic (exact) mass is 418 g/mol. The summed E-state index contributed by atoms with van der Waals surface area (Å²) in [7, 11) is 1.62. The van der Waals surface area contributed by atoms with Gasteiger partial charge in [0.1, 0.15) is 0 Å². The van der Waals surface area contributed by atoms with Gasteiger partial charge in [0.25, 0.3) is 0 Å². The molecule has 0 atom stereocenters. The summed E-state index contributed by atoms with van der Waals surface area (Å²) in [4.78, 5) is 10.5. The number of para-hydroxylation sites is 1. The summed E-state index contributed by atoms with van der Waals surface area (Å²) in [6.45, 7) is 12.7. The molecule has 0 spiro atoms. The van der Waals surface area contributed by atoms with Crippen molar-refractivity contribution in [2.24, 2.45) is 0 Å². The minimum Gasteiger partial charge on any atom is -0.493 e. The molecule has 1 aliphatic heterocycles. The normalized spacial score (nSPS) is 14.2. The van der Waals surface area contributed by atoms with Crippen LogP contribution in [0.4, 0.5) is 17.1 Å². The van der Waals surface area contributed by atoms with Crippen LogP contribution in [0.2, 0.25) is 0 Å². The molecule has 0 amide bonds. The number of anilines is 2. The van der Waals surface area contributed by atoms with Crippen LogP contribution in [0.15, 0.2) is 48.7 Å². The summed E-state index contributed by atoms with van der Waals surface area (Å²) in [5.74, 6) is 1.28. The molecule has 1 N–H and O–H groups in total. The Morgan fingerprint density at radius 2 is 1.97 bits per heavy atom. The van der Waals surface area contributed by atoms with E-state index < -0.39 is 0 Å². The third-order valence-electron chi connectivity index (χ3n) is 5.28. The number of fused-ring (bicyclic) bond motifs is 1. The van der Waals surface area contributed by atoms with Crippen molar-refractivity contribution in [2.45, 2.75) is 6.42 Å². The van der Waals surface area contributed by atoms with Crippen LogP contribution in [0.5, 0.6) is 11.5 Å². The van der Waals surface area contributed by atoms with Crippen LogP contribution in [0.1, 0.15) is 6.42 Å². The van der Waals surface area contributed by atoms with E-state index in [4.69, 9.17) is 20.8 Å². The molecule has 160 valence electrons. The average Bonchev–Trinajstić information content (AvgIpc) is 2.83. The number of rotatable bonds is 8. The van der Waals surface area contributed by atoms with E-state index in [2.05, 4.69) is 20.0 Å². The lowest BCUT2D eigenvalue weighted by molar-refractivity contribution is 0.0357. The SMILES string of the molecule is [C-]#[N+]c1cnc2cc(OC)c(OCCCN3CCOCC3)cc2c1Nc1ccccc1. The third kappa shape index (κ3) is 5.05. The number of nitrogens with one attached hydrogen (secondary N) is 1. The fraction of sp³-hybridized carbons (Fsp3) is 0.333. The summed E-state index contributed by atoms with van der Waals surface area (Å²) in [6, 6.07) is 13.6. The zero-order valence-corrected chi connectivity index (χ0v) is 17.6. The van der Waals surface area contributed by atoms with Crippen molar-refractivity contribution in [3.05, 3.63) is 60.1 Å². The largest absolute Gasteiger partial charge is 0.493 e. The number of ether oxygens (including phenoxy) is 3. The number of hydrogen-bond acceptors (Lipinski definition) is 6. The topological polar surface area (TPSA) is 60.2 Å². The van der Waals surface area contributed by atoms with E-state index in [0.717, 1.165) is 55.9 Å². The van der Waals surface area contributed by atoms with Crippen LogP contribution in [-0.2, 0) is 4.74 Å². The van der Waals surface area contributed by atoms with Gasteiger partial charge in [-0.25, -0.2) is 4.85 Å².